The van der Waals surface area contributed by atoms with Crippen LogP contribution in [-0.2, 0) is 0 Å². The summed E-state index contributed by atoms with van der Waals surface area (Å²) >= 11 is 0. The minimum absolute atomic E-state index is 0.162. The van der Waals surface area contributed by atoms with Crippen LogP contribution in [0.2, 0.25) is 0 Å². The van der Waals surface area contributed by atoms with E-state index in [9.17, 15) is 4.39 Å². The van der Waals surface area contributed by atoms with Crippen LogP contribution >= 0.6 is 0 Å². The Bertz CT molecular complexity index is 210. The third kappa shape index (κ3) is 7.20. The second kappa shape index (κ2) is 5.71. The van der Waals surface area contributed by atoms with E-state index >= 15 is 0 Å². The summed E-state index contributed by atoms with van der Waals surface area (Å²) in [6.07, 6.45) is 0. The van der Waals surface area contributed by atoms with Gasteiger partial charge in [-0.1, -0.05) is 12.1 Å². The topological polar surface area (TPSA) is 60.7 Å². The number of hydrogen-bond acceptors (Lipinski definition) is 3. The van der Waals surface area contributed by atoms with Crippen molar-refractivity contribution in [2.24, 2.45) is 0 Å². The van der Waals surface area contributed by atoms with Crippen molar-refractivity contribution in [3.63, 3.8) is 0 Å². The van der Waals surface area contributed by atoms with Crippen molar-refractivity contribution in [3.8, 4) is 0 Å². The molecule has 0 saturated carbocycles. The van der Waals surface area contributed by atoms with Gasteiger partial charge in [-0.25, -0.2) is 4.39 Å². The van der Waals surface area contributed by atoms with Crippen molar-refractivity contribution in [2.75, 3.05) is 0 Å². The van der Waals surface area contributed by atoms with Gasteiger partial charge < -0.3 is 15.1 Å². The van der Waals surface area contributed by atoms with Crippen LogP contribution in [0.25, 0.3) is 0 Å². The van der Waals surface area contributed by atoms with Crippen LogP contribution in [0.5, 0.6) is 0 Å². The SMILES string of the molecule is Cc1cccc(F)c1.OB(O)O. The van der Waals surface area contributed by atoms with Gasteiger partial charge >= 0.3 is 7.32 Å². The van der Waals surface area contributed by atoms with Gasteiger partial charge in [0.15, 0.2) is 0 Å². The second-order valence-electron chi connectivity index (χ2n) is 2.15. The maximum atomic E-state index is 12.2. The van der Waals surface area contributed by atoms with E-state index < -0.39 is 7.32 Å². The molecule has 0 spiro atoms. The van der Waals surface area contributed by atoms with E-state index in [1.165, 1.54) is 12.1 Å². The first kappa shape index (κ1) is 11.1. The molecule has 1 rings (SSSR count). The van der Waals surface area contributed by atoms with Crippen molar-refractivity contribution in [2.45, 2.75) is 6.92 Å². The summed E-state index contributed by atoms with van der Waals surface area (Å²) < 4.78 is 12.2. The Morgan fingerprint density at radius 2 is 1.75 bits per heavy atom. The molecule has 0 bridgehead atoms. The van der Waals surface area contributed by atoms with Gasteiger partial charge in [-0.2, -0.15) is 0 Å². The van der Waals surface area contributed by atoms with E-state index in [1.807, 2.05) is 13.0 Å². The molecule has 0 aliphatic heterocycles. The average molecular weight is 172 g/mol. The van der Waals surface area contributed by atoms with Gasteiger partial charge in [0.1, 0.15) is 5.82 Å². The van der Waals surface area contributed by atoms with E-state index in [0.29, 0.717) is 0 Å². The molecule has 0 fully saturated rings. The van der Waals surface area contributed by atoms with Crippen LogP contribution in [-0.4, -0.2) is 22.4 Å². The zero-order valence-electron chi connectivity index (χ0n) is 6.61. The van der Waals surface area contributed by atoms with Crippen LogP contribution in [0.3, 0.4) is 0 Å². The molecule has 0 atom stereocenters. The Labute approximate surface area is 70.3 Å². The highest BCUT2D eigenvalue weighted by atomic mass is 19.1. The number of rotatable bonds is 0. The monoisotopic (exact) mass is 172 g/mol. The van der Waals surface area contributed by atoms with Crippen LogP contribution < -0.4 is 0 Å². The third-order valence-corrected chi connectivity index (χ3v) is 0.980. The van der Waals surface area contributed by atoms with Crippen LogP contribution in [0.1, 0.15) is 5.56 Å². The van der Waals surface area contributed by atoms with Crippen molar-refractivity contribution in [3.05, 3.63) is 35.6 Å². The van der Waals surface area contributed by atoms with Crippen molar-refractivity contribution in [1.82, 2.24) is 0 Å². The maximum absolute atomic E-state index is 12.2. The Balaban J connectivity index is 0.000000261. The van der Waals surface area contributed by atoms with Gasteiger partial charge in [0.05, 0.1) is 0 Å². The normalized spacial score (nSPS) is 8.42. The summed E-state index contributed by atoms with van der Waals surface area (Å²) in [4.78, 5) is 0. The summed E-state index contributed by atoms with van der Waals surface area (Å²) in [6, 6.07) is 6.50. The molecular weight excluding hydrogens is 162 g/mol. The molecule has 0 radical (unpaired) electrons. The van der Waals surface area contributed by atoms with E-state index in [0.717, 1.165) is 5.56 Å². The van der Waals surface area contributed by atoms with Crippen LogP contribution in [0, 0.1) is 12.7 Å². The lowest BCUT2D eigenvalue weighted by Crippen LogP contribution is -2.07. The molecule has 1 aromatic rings. The molecule has 0 heterocycles. The summed E-state index contributed by atoms with van der Waals surface area (Å²) in [6.45, 7) is 1.86. The predicted octanol–water partition coefficient (Wildman–Crippen LogP) is 0.0823. The highest BCUT2D eigenvalue weighted by molar-refractivity contribution is 6.30. The highest BCUT2D eigenvalue weighted by Crippen LogP contribution is 1.99. The summed E-state index contributed by atoms with van der Waals surface area (Å²) in [5.41, 5.74) is 0.963. The van der Waals surface area contributed by atoms with E-state index in [2.05, 4.69) is 0 Å². The van der Waals surface area contributed by atoms with Crippen LogP contribution in [0.15, 0.2) is 24.3 Å². The summed E-state index contributed by atoms with van der Waals surface area (Å²) in [7, 11) is -2.17. The molecule has 0 aromatic heterocycles. The Kier molecular flexibility index (Phi) is 5.28. The van der Waals surface area contributed by atoms with E-state index in [4.69, 9.17) is 15.1 Å². The zero-order chi connectivity index (χ0) is 9.56. The smallest absolute Gasteiger partial charge is 0.402 e. The standard InChI is InChI=1S/C7H7F.BH3O3/c1-6-3-2-4-7(8)5-6;2-1(3)4/h2-5H,1H3;2-4H. The van der Waals surface area contributed by atoms with Crippen molar-refractivity contribution < 1.29 is 19.5 Å². The largest absolute Gasteiger partial charge is 0.631 e. The lowest BCUT2D eigenvalue weighted by Gasteiger charge is -1.87. The van der Waals surface area contributed by atoms with E-state index in [1.54, 1.807) is 6.07 Å². The molecule has 1 aromatic carbocycles. The molecule has 0 saturated heterocycles. The van der Waals surface area contributed by atoms with E-state index in [-0.39, 0.29) is 5.82 Å². The quantitative estimate of drug-likeness (QED) is 0.485. The van der Waals surface area contributed by atoms with Crippen LogP contribution in [0.4, 0.5) is 4.39 Å². The highest BCUT2D eigenvalue weighted by Gasteiger charge is 1.92. The number of halogens is 1. The minimum atomic E-state index is -2.17. The van der Waals surface area contributed by atoms with Gasteiger partial charge in [0.2, 0.25) is 0 Å². The lowest BCUT2D eigenvalue weighted by atomic mass is 10.2. The number of aryl methyl sites for hydroxylation is 1. The van der Waals surface area contributed by atoms with Crippen molar-refractivity contribution >= 4 is 7.32 Å². The van der Waals surface area contributed by atoms with Gasteiger partial charge in [-0.05, 0) is 24.6 Å². The summed E-state index contributed by atoms with van der Waals surface area (Å²) in [5.74, 6) is -0.162. The zero-order valence-corrected chi connectivity index (χ0v) is 6.61. The third-order valence-electron chi connectivity index (χ3n) is 0.980. The molecule has 12 heavy (non-hydrogen) atoms. The molecule has 0 amide bonds. The maximum Gasteiger partial charge on any atom is 0.631 e. The molecular formula is C7H10BFO3. The first-order chi connectivity index (χ1) is 5.52. The van der Waals surface area contributed by atoms with Crippen molar-refractivity contribution in [1.29, 1.82) is 0 Å². The minimum Gasteiger partial charge on any atom is -0.402 e. The Morgan fingerprint density at radius 1 is 1.25 bits per heavy atom. The molecule has 66 valence electrons. The molecule has 0 unspecified atom stereocenters. The second-order valence-corrected chi connectivity index (χ2v) is 2.15. The molecule has 3 nitrogen and oxygen atoms in total. The molecule has 3 N–H and O–H groups in total. The Morgan fingerprint density at radius 3 is 2.00 bits per heavy atom. The predicted molar refractivity (Wildman–Crippen MR) is 43.5 cm³/mol. The fraction of sp³-hybridized carbons (Fsp3) is 0.143. The Hall–Kier alpha value is -0.905. The fourth-order valence-electron chi connectivity index (χ4n) is 0.606. The van der Waals surface area contributed by atoms with Gasteiger partial charge in [-0.15, -0.1) is 0 Å². The van der Waals surface area contributed by atoms with Gasteiger partial charge in [-0.3, -0.25) is 0 Å². The van der Waals surface area contributed by atoms with Gasteiger partial charge in [0, 0.05) is 0 Å². The number of hydrogen-bond donors (Lipinski definition) is 3. The fourth-order valence-corrected chi connectivity index (χ4v) is 0.606. The molecule has 5 heteroatoms. The molecule has 0 aliphatic carbocycles. The number of benzene rings is 1. The van der Waals surface area contributed by atoms with Gasteiger partial charge in [0.25, 0.3) is 0 Å². The first-order valence-corrected chi connectivity index (χ1v) is 3.28. The average Bonchev–Trinajstić information content (AvgIpc) is 1.84. The summed E-state index contributed by atoms with van der Waals surface area (Å²) in [5, 5.41) is 21.5. The molecule has 0 aliphatic rings. The first-order valence-electron chi connectivity index (χ1n) is 3.28. The lowest BCUT2D eigenvalue weighted by molar-refractivity contribution is 0.278.